The smallest absolute Gasteiger partial charge is 0.108 e. The standard InChI is InChI=1S/C16H17NO.ClH/c1-3-7-13(8-4-1)16(18-15-11-17-12-15)14-9-5-2-6-10-14;/h1-10,15-17H,11-12H2;1H. The van der Waals surface area contributed by atoms with Crippen LogP contribution in [0.2, 0.25) is 0 Å². The topological polar surface area (TPSA) is 21.3 Å². The maximum absolute atomic E-state index is 6.20. The second-order valence-corrected chi connectivity index (χ2v) is 4.62. The molecule has 0 saturated carbocycles. The Morgan fingerprint density at radius 1 is 0.842 bits per heavy atom. The molecular weight excluding hydrogens is 258 g/mol. The number of benzene rings is 2. The minimum Gasteiger partial charge on any atom is -0.363 e. The molecule has 1 heterocycles. The third-order valence-corrected chi connectivity index (χ3v) is 3.28. The fourth-order valence-corrected chi connectivity index (χ4v) is 2.16. The highest BCUT2D eigenvalue weighted by atomic mass is 35.5. The van der Waals surface area contributed by atoms with Gasteiger partial charge in [0.05, 0.1) is 6.10 Å². The van der Waals surface area contributed by atoms with E-state index < -0.39 is 0 Å². The highest BCUT2D eigenvalue weighted by Gasteiger charge is 2.24. The molecule has 1 fully saturated rings. The molecule has 19 heavy (non-hydrogen) atoms. The zero-order chi connectivity index (χ0) is 12.2. The average molecular weight is 276 g/mol. The van der Waals surface area contributed by atoms with Crippen LogP contribution in [0.4, 0.5) is 0 Å². The third-order valence-electron chi connectivity index (χ3n) is 3.28. The van der Waals surface area contributed by atoms with Gasteiger partial charge < -0.3 is 10.1 Å². The predicted octanol–water partition coefficient (Wildman–Crippen LogP) is 3.19. The van der Waals surface area contributed by atoms with E-state index in [-0.39, 0.29) is 18.5 Å². The molecule has 1 aliphatic heterocycles. The van der Waals surface area contributed by atoms with Crippen LogP contribution in [0.25, 0.3) is 0 Å². The molecule has 3 rings (SSSR count). The Kier molecular flexibility index (Phi) is 4.97. The molecule has 3 heteroatoms. The van der Waals surface area contributed by atoms with Crippen molar-refractivity contribution in [3.63, 3.8) is 0 Å². The van der Waals surface area contributed by atoms with Gasteiger partial charge in [-0.25, -0.2) is 0 Å². The maximum Gasteiger partial charge on any atom is 0.108 e. The van der Waals surface area contributed by atoms with Crippen molar-refractivity contribution in [3.8, 4) is 0 Å². The van der Waals surface area contributed by atoms with E-state index in [2.05, 4.69) is 53.8 Å². The molecule has 2 aromatic rings. The van der Waals surface area contributed by atoms with Crippen LogP contribution in [0.15, 0.2) is 60.7 Å². The summed E-state index contributed by atoms with van der Waals surface area (Å²) in [6.07, 6.45) is 0.370. The van der Waals surface area contributed by atoms with Crippen molar-refractivity contribution in [2.24, 2.45) is 0 Å². The van der Waals surface area contributed by atoms with Crippen molar-refractivity contribution in [1.82, 2.24) is 5.32 Å². The quantitative estimate of drug-likeness (QED) is 0.925. The Morgan fingerprint density at radius 2 is 1.32 bits per heavy atom. The van der Waals surface area contributed by atoms with Gasteiger partial charge in [-0.2, -0.15) is 0 Å². The van der Waals surface area contributed by atoms with Crippen LogP contribution in [0.1, 0.15) is 17.2 Å². The Balaban J connectivity index is 0.00000133. The Hall–Kier alpha value is -1.35. The van der Waals surface area contributed by atoms with Crippen molar-refractivity contribution >= 4 is 12.4 Å². The van der Waals surface area contributed by atoms with E-state index in [0.717, 1.165) is 13.1 Å². The Labute approximate surface area is 120 Å². The molecule has 0 unspecified atom stereocenters. The summed E-state index contributed by atoms with van der Waals surface area (Å²) in [5, 5.41) is 3.24. The highest BCUT2D eigenvalue weighted by Crippen LogP contribution is 2.27. The van der Waals surface area contributed by atoms with Crippen LogP contribution < -0.4 is 5.32 Å². The van der Waals surface area contributed by atoms with E-state index in [4.69, 9.17) is 4.74 Å². The van der Waals surface area contributed by atoms with Gasteiger partial charge in [0.2, 0.25) is 0 Å². The molecule has 1 N–H and O–H groups in total. The van der Waals surface area contributed by atoms with Crippen LogP contribution in [0.3, 0.4) is 0 Å². The van der Waals surface area contributed by atoms with E-state index >= 15 is 0 Å². The van der Waals surface area contributed by atoms with Gasteiger partial charge in [-0.05, 0) is 11.1 Å². The lowest BCUT2D eigenvalue weighted by Crippen LogP contribution is -2.49. The van der Waals surface area contributed by atoms with Crippen molar-refractivity contribution in [2.75, 3.05) is 13.1 Å². The van der Waals surface area contributed by atoms with Crippen LogP contribution >= 0.6 is 12.4 Å². The number of ether oxygens (including phenoxy) is 1. The first-order chi connectivity index (χ1) is 8.93. The molecule has 1 saturated heterocycles. The fraction of sp³-hybridized carbons (Fsp3) is 0.250. The number of hydrogen-bond donors (Lipinski definition) is 1. The molecule has 1 aliphatic rings. The van der Waals surface area contributed by atoms with Crippen LogP contribution in [-0.2, 0) is 4.74 Å². The van der Waals surface area contributed by atoms with Crippen LogP contribution in [-0.4, -0.2) is 19.2 Å². The summed E-state index contributed by atoms with van der Waals surface area (Å²) in [7, 11) is 0. The normalized spacial score (nSPS) is 14.8. The summed E-state index contributed by atoms with van der Waals surface area (Å²) in [5.74, 6) is 0. The molecule has 0 atom stereocenters. The second-order valence-electron chi connectivity index (χ2n) is 4.62. The van der Waals surface area contributed by atoms with Crippen LogP contribution in [0.5, 0.6) is 0 Å². The lowest BCUT2D eigenvalue weighted by molar-refractivity contribution is -0.0202. The Bertz CT molecular complexity index is 445. The first-order valence-electron chi connectivity index (χ1n) is 6.39. The van der Waals surface area contributed by atoms with Gasteiger partial charge >= 0.3 is 0 Å². The summed E-state index contributed by atoms with van der Waals surface area (Å²) in [4.78, 5) is 0. The minimum atomic E-state index is 0. The first-order valence-corrected chi connectivity index (χ1v) is 6.39. The number of hydrogen-bond acceptors (Lipinski definition) is 2. The second kappa shape index (κ2) is 6.71. The lowest BCUT2D eigenvalue weighted by Gasteiger charge is -2.32. The Morgan fingerprint density at radius 3 is 1.68 bits per heavy atom. The molecule has 0 amide bonds. The minimum absolute atomic E-state index is 0. The molecule has 0 aromatic heterocycles. The SMILES string of the molecule is Cl.c1ccc(C(OC2CNC2)c2ccccc2)cc1. The van der Waals surface area contributed by atoms with E-state index in [9.17, 15) is 0 Å². The van der Waals surface area contributed by atoms with Gasteiger partial charge in [0, 0.05) is 13.1 Å². The summed E-state index contributed by atoms with van der Waals surface area (Å²) >= 11 is 0. The van der Waals surface area contributed by atoms with Gasteiger partial charge in [-0.3, -0.25) is 0 Å². The predicted molar refractivity (Wildman–Crippen MR) is 79.7 cm³/mol. The molecular formula is C16H18ClNO. The molecule has 2 nitrogen and oxygen atoms in total. The van der Waals surface area contributed by atoms with E-state index in [1.807, 2.05) is 12.1 Å². The van der Waals surface area contributed by atoms with Crippen LogP contribution in [0, 0.1) is 0 Å². The lowest BCUT2D eigenvalue weighted by atomic mass is 10.0. The zero-order valence-corrected chi connectivity index (χ0v) is 11.5. The molecule has 100 valence electrons. The largest absolute Gasteiger partial charge is 0.363 e. The van der Waals surface area contributed by atoms with Gasteiger partial charge in [0.25, 0.3) is 0 Å². The molecule has 0 aliphatic carbocycles. The van der Waals surface area contributed by atoms with Crippen molar-refractivity contribution < 1.29 is 4.74 Å². The number of rotatable bonds is 4. The van der Waals surface area contributed by atoms with Gasteiger partial charge in [-0.1, -0.05) is 60.7 Å². The first kappa shape index (κ1) is 14.1. The molecule has 0 bridgehead atoms. The third kappa shape index (κ3) is 3.35. The highest BCUT2D eigenvalue weighted by molar-refractivity contribution is 5.85. The van der Waals surface area contributed by atoms with E-state index in [1.54, 1.807) is 0 Å². The maximum atomic E-state index is 6.20. The van der Waals surface area contributed by atoms with Crippen molar-refractivity contribution in [1.29, 1.82) is 0 Å². The zero-order valence-electron chi connectivity index (χ0n) is 10.7. The van der Waals surface area contributed by atoms with E-state index in [1.165, 1.54) is 11.1 Å². The van der Waals surface area contributed by atoms with Gasteiger partial charge in [0.15, 0.2) is 0 Å². The fourth-order valence-electron chi connectivity index (χ4n) is 2.16. The van der Waals surface area contributed by atoms with Crippen molar-refractivity contribution in [2.45, 2.75) is 12.2 Å². The van der Waals surface area contributed by atoms with Gasteiger partial charge in [-0.15, -0.1) is 12.4 Å². The molecule has 2 aromatic carbocycles. The van der Waals surface area contributed by atoms with Crippen molar-refractivity contribution in [3.05, 3.63) is 71.8 Å². The van der Waals surface area contributed by atoms with E-state index in [0.29, 0.717) is 6.10 Å². The monoisotopic (exact) mass is 275 g/mol. The summed E-state index contributed by atoms with van der Waals surface area (Å²) in [6.45, 7) is 1.91. The number of nitrogens with one attached hydrogen (secondary N) is 1. The number of halogens is 1. The van der Waals surface area contributed by atoms with Gasteiger partial charge in [0.1, 0.15) is 6.10 Å². The average Bonchev–Trinajstić information content (AvgIpc) is 2.40. The summed E-state index contributed by atoms with van der Waals surface area (Å²) in [6, 6.07) is 20.8. The summed E-state index contributed by atoms with van der Waals surface area (Å²) in [5.41, 5.74) is 2.44. The molecule has 0 spiro atoms. The molecule has 0 radical (unpaired) electrons. The summed E-state index contributed by atoms with van der Waals surface area (Å²) < 4.78 is 6.20.